The third-order valence-electron chi connectivity index (χ3n) is 3.14. The first-order valence-electron chi connectivity index (χ1n) is 7.05. The highest BCUT2D eigenvalue weighted by Crippen LogP contribution is 2.39. The Morgan fingerprint density at radius 2 is 1.21 bits per heavy atom. The molecule has 0 heterocycles. The lowest BCUT2D eigenvalue weighted by atomic mass is 10.4. The molecule has 24 heavy (non-hydrogen) atoms. The molecule has 0 radical (unpaired) electrons. The molecule has 0 aromatic heterocycles. The van der Waals surface area contributed by atoms with Crippen LogP contribution in [0, 0.1) is 0 Å². The maximum Gasteiger partial charge on any atom is 0.485 e. The van der Waals surface area contributed by atoms with Crippen molar-refractivity contribution in [3.05, 3.63) is 60.7 Å². The van der Waals surface area contributed by atoms with Gasteiger partial charge < -0.3 is 4.55 Å². The van der Waals surface area contributed by atoms with Gasteiger partial charge >= 0.3 is 5.51 Å². The van der Waals surface area contributed by atoms with Crippen LogP contribution in [0.3, 0.4) is 0 Å². The third kappa shape index (κ3) is 5.25. The van der Waals surface area contributed by atoms with Gasteiger partial charge in [0.25, 0.3) is 0 Å². The molecule has 0 atom stereocenters. The lowest BCUT2D eigenvalue weighted by Crippen LogP contribution is -2.21. The van der Waals surface area contributed by atoms with Crippen LogP contribution in [-0.2, 0) is 21.0 Å². The molecular weight excluding hydrogens is 361 g/mol. The largest absolute Gasteiger partial charge is 0.741 e. The molecule has 130 valence electrons. The van der Waals surface area contributed by atoms with E-state index in [4.69, 9.17) is 13.0 Å². The molecule has 0 N–H and O–H groups in total. The molecule has 1 aliphatic rings. The molecule has 3 rings (SSSR count). The third-order valence-corrected chi connectivity index (χ3v) is 6.40. The Kier molecular flexibility index (Phi) is 5.95. The molecule has 2 aromatic rings. The molecule has 1 fully saturated rings. The molecule has 8 heteroatoms. The monoisotopic (exact) mass is 376 g/mol. The van der Waals surface area contributed by atoms with Crippen molar-refractivity contribution in [1.29, 1.82) is 0 Å². The fourth-order valence-corrected chi connectivity index (χ4v) is 4.51. The normalized spacial score (nSPS) is 14.9. The van der Waals surface area contributed by atoms with E-state index in [1.54, 1.807) is 0 Å². The zero-order valence-corrected chi connectivity index (χ0v) is 14.1. The lowest BCUT2D eigenvalue weighted by molar-refractivity contribution is -0.0517. The second kappa shape index (κ2) is 7.58. The van der Waals surface area contributed by atoms with Crippen LogP contribution in [0.25, 0.3) is 0 Å². The van der Waals surface area contributed by atoms with E-state index in [0.717, 1.165) is 5.25 Å². The van der Waals surface area contributed by atoms with E-state index in [2.05, 4.69) is 60.7 Å². The van der Waals surface area contributed by atoms with Crippen LogP contribution >= 0.6 is 0 Å². The van der Waals surface area contributed by atoms with Gasteiger partial charge in [-0.15, -0.1) is 0 Å². The number of hydrogen-bond acceptors (Lipinski definition) is 3. The summed E-state index contributed by atoms with van der Waals surface area (Å²) in [5.74, 6) is 0. The number of halogens is 3. The molecule has 0 aliphatic heterocycles. The van der Waals surface area contributed by atoms with Crippen molar-refractivity contribution in [2.24, 2.45) is 0 Å². The van der Waals surface area contributed by atoms with Gasteiger partial charge in [-0.2, -0.15) is 13.2 Å². The van der Waals surface area contributed by atoms with Gasteiger partial charge in [0.15, 0.2) is 19.9 Å². The predicted molar refractivity (Wildman–Crippen MR) is 85.6 cm³/mol. The summed E-state index contributed by atoms with van der Waals surface area (Å²) in [5.41, 5.74) is -5.65. The first kappa shape index (κ1) is 18.8. The van der Waals surface area contributed by atoms with Crippen molar-refractivity contribution in [2.75, 3.05) is 0 Å². The van der Waals surface area contributed by atoms with Gasteiger partial charge in [-0.05, 0) is 24.3 Å². The van der Waals surface area contributed by atoms with Crippen LogP contribution in [0.15, 0.2) is 70.5 Å². The van der Waals surface area contributed by atoms with Crippen molar-refractivity contribution < 1.29 is 26.1 Å². The summed E-state index contributed by atoms with van der Waals surface area (Å²) in [6.45, 7) is 0. The highest BCUT2D eigenvalue weighted by molar-refractivity contribution is 7.97. The minimum Gasteiger partial charge on any atom is -0.741 e. The van der Waals surface area contributed by atoms with Gasteiger partial charge in [-0.1, -0.05) is 36.4 Å². The van der Waals surface area contributed by atoms with E-state index in [-0.39, 0.29) is 0 Å². The van der Waals surface area contributed by atoms with Gasteiger partial charge in [0.05, 0.1) is 10.9 Å². The summed E-state index contributed by atoms with van der Waals surface area (Å²) in [5, 5.41) is 0.893. The SMILES string of the molecule is O=S(=O)([O-])C(F)(F)F.c1ccc([S+](c2ccccc2)C2CC2)cc1. The quantitative estimate of drug-likeness (QED) is 0.463. The summed E-state index contributed by atoms with van der Waals surface area (Å²) < 4.78 is 58.9. The molecule has 0 spiro atoms. The minimum absolute atomic E-state index is 0.308. The van der Waals surface area contributed by atoms with Crippen molar-refractivity contribution >= 4 is 21.0 Å². The summed E-state index contributed by atoms with van der Waals surface area (Å²) in [6, 6.07) is 21.9. The molecule has 0 bridgehead atoms. The second-order valence-corrected chi connectivity index (χ2v) is 8.72. The molecule has 1 saturated carbocycles. The first-order valence-corrected chi connectivity index (χ1v) is 9.75. The van der Waals surface area contributed by atoms with E-state index >= 15 is 0 Å². The summed E-state index contributed by atoms with van der Waals surface area (Å²) >= 11 is 0. The molecule has 2 aromatic carbocycles. The zero-order valence-electron chi connectivity index (χ0n) is 12.4. The maximum absolute atomic E-state index is 10.7. The highest BCUT2D eigenvalue weighted by atomic mass is 32.2. The Balaban J connectivity index is 0.000000224. The Hall–Kier alpha value is -1.51. The van der Waals surface area contributed by atoms with Crippen LogP contribution in [0.4, 0.5) is 13.2 Å². The van der Waals surface area contributed by atoms with E-state index in [1.807, 2.05) is 0 Å². The maximum atomic E-state index is 10.7. The predicted octanol–water partition coefficient (Wildman–Crippen LogP) is 3.94. The Morgan fingerprint density at radius 3 is 1.46 bits per heavy atom. The number of rotatable bonds is 3. The molecule has 0 amide bonds. The zero-order chi connectivity index (χ0) is 17.8. The first-order chi connectivity index (χ1) is 11.2. The number of alkyl halides is 3. The van der Waals surface area contributed by atoms with Crippen molar-refractivity contribution in [2.45, 2.75) is 33.4 Å². The topological polar surface area (TPSA) is 57.2 Å². The van der Waals surface area contributed by atoms with Crippen LogP contribution in [0.2, 0.25) is 0 Å². The second-order valence-electron chi connectivity index (χ2n) is 5.06. The fraction of sp³-hybridized carbons (Fsp3) is 0.250. The summed E-state index contributed by atoms with van der Waals surface area (Å²) in [6.07, 6.45) is 2.79. The van der Waals surface area contributed by atoms with E-state index in [0.29, 0.717) is 10.9 Å². The van der Waals surface area contributed by atoms with Crippen LogP contribution in [-0.4, -0.2) is 23.7 Å². The fourth-order valence-electron chi connectivity index (χ4n) is 1.96. The van der Waals surface area contributed by atoms with Crippen molar-refractivity contribution in [3.8, 4) is 0 Å². The number of hydrogen-bond donors (Lipinski definition) is 0. The molecule has 3 nitrogen and oxygen atoms in total. The molecule has 0 saturated heterocycles. The van der Waals surface area contributed by atoms with E-state index in [9.17, 15) is 13.2 Å². The lowest BCUT2D eigenvalue weighted by Gasteiger charge is -2.08. The Bertz CT molecular complexity index is 704. The van der Waals surface area contributed by atoms with E-state index < -0.39 is 15.6 Å². The Labute approximate surface area is 141 Å². The van der Waals surface area contributed by atoms with Gasteiger partial charge in [0, 0.05) is 12.8 Å². The summed E-state index contributed by atoms with van der Waals surface area (Å²) in [4.78, 5) is 2.99. The number of benzene rings is 2. The summed E-state index contributed by atoms with van der Waals surface area (Å²) in [7, 11) is -5.78. The smallest absolute Gasteiger partial charge is 0.485 e. The van der Waals surface area contributed by atoms with Gasteiger partial charge in [0.1, 0.15) is 5.25 Å². The average molecular weight is 376 g/mol. The molecular formula is C16H15F3O3S2. The van der Waals surface area contributed by atoms with E-state index in [1.165, 1.54) is 22.6 Å². The standard InChI is InChI=1S/C15H15S.CHF3O3S/c1-3-7-13(8-4-1)16(15-11-12-15)14-9-5-2-6-10-14;2-1(3,4)8(5,6)7/h1-10,15H,11-12H2;(H,5,6,7)/q+1;/p-1. The van der Waals surface area contributed by atoms with Gasteiger partial charge in [0.2, 0.25) is 0 Å². The Morgan fingerprint density at radius 1 is 0.875 bits per heavy atom. The average Bonchev–Trinajstić information content (AvgIpc) is 3.33. The highest BCUT2D eigenvalue weighted by Gasteiger charge is 2.43. The minimum atomic E-state index is -6.09. The van der Waals surface area contributed by atoms with Crippen molar-refractivity contribution in [1.82, 2.24) is 0 Å². The molecule has 0 unspecified atom stereocenters. The van der Waals surface area contributed by atoms with Crippen LogP contribution in [0.1, 0.15) is 12.8 Å². The van der Waals surface area contributed by atoms with Crippen LogP contribution in [0.5, 0.6) is 0 Å². The van der Waals surface area contributed by atoms with Gasteiger partial charge in [-0.25, -0.2) is 8.42 Å². The van der Waals surface area contributed by atoms with Gasteiger partial charge in [-0.3, -0.25) is 0 Å². The van der Waals surface area contributed by atoms with Crippen molar-refractivity contribution in [3.63, 3.8) is 0 Å². The van der Waals surface area contributed by atoms with Crippen LogP contribution < -0.4 is 0 Å². The molecule has 1 aliphatic carbocycles.